The number of aliphatic carboxylic acids is 1. The van der Waals surface area contributed by atoms with Crippen molar-refractivity contribution < 1.29 is 23.9 Å². The molecule has 0 radical (unpaired) electrons. The highest BCUT2D eigenvalue weighted by Gasteiger charge is 2.40. The van der Waals surface area contributed by atoms with Crippen LogP contribution in [0, 0.1) is 12.8 Å². The van der Waals surface area contributed by atoms with Gasteiger partial charge in [-0.15, -0.1) is 0 Å². The summed E-state index contributed by atoms with van der Waals surface area (Å²) in [4.78, 5) is 47.8. The first-order valence-corrected chi connectivity index (χ1v) is 14.4. The van der Waals surface area contributed by atoms with Crippen molar-refractivity contribution in [3.05, 3.63) is 112 Å². The Hall–Kier alpha value is -5.22. The van der Waals surface area contributed by atoms with Gasteiger partial charge in [0.25, 0.3) is 11.9 Å². The summed E-state index contributed by atoms with van der Waals surface area (Å²) in [6, 6.07) is 21.6. The van der Waals surface area contributed by atoms with E-state index in [-0.39, 0.29) is 37.2 Å². The zero-order valence-electron chi connectivity index (χ0n) is 23.7. The lowest BCUT2D eigenvalue weighted by molar-refractivity contribution is -0.141. The van der Waals surface area contributed by atoms with Crippen LogP contribution in [0.1, 0.15) is 33.0 Å². The van der Waals surface area contributed by atoms with Crippen LogP contribution in [-0.2, 0) is 16.0 Å². The number of likely N-dealkylation sites (tertiary alicyclic amines) is 1. The number of hydrogen-bond donors (Lipinski definition) is 3. The average Bonchev–Trinajstić information content (AvgIpc) is 3.64. The van der Waals surface area contributed by atoms with Gasteiger partial charge in [-0.3, -0.25) is 19.4 Å². The first-order chi connectivity index (χ1) is 21.2. The van der Waals surface area contributed by atoms with Crippen molar-refractivity contribution in [1.82, 2.24) is 14.9 Å². The third-order valence-corrected chi connectivity index (χ3v) is 8.06. The topological polar surface area (TPSA) is 138 Å². The molecule has 1 saturated heterocycles. The summed E-state index contributed by atoms with van der Waals surface area (Å²) in [5.41, 5.74) is 5.43. The fourth-order valence-corrected chi connectivity index (χ4v) is 5.74. The van der Waals surface area contributed by atoms with E-state index >= 15 is 0 Å². The Morgan fingerprint density at radius 3 is 2.52 bits per heavy atom. The number of oxazole rings is 1. The van der Waals surface area contributed by atoms with E-state index in [1.54, 1.807) is 59.5 Å². The smallest absolute Gasteiger partial charge is 0.308 e. The molecule has 2 amide bonds. The van der Waals surface area contributed by atoms with Crippen molar-refractivity contribution in [3.63, 3.8) is 0 Å². The fraction of sp³-hybridized carbons (Fsp3) is 0.182. The summed E-state index contributed by atoms with van der Waals surface area (Å²) in [7, 11) is 0. The van der Waals surface area contributed by atoms with E-state index in [4.69, 9.17) is 16.0 Å². The van der Waals surface area contributed by atoms with Crippen LogP contribution in [0.2, 0.25) is 5.02 Å². The molecule has 0 aliphatic carbocycles. The number of nitrogens with one attached hydrogen (secondary N) is 2. The molecule has 10 nitrogen and oxygen atoms in total. The molecule has 5 aromatic rings. The lowest BCUT2D eigenvalue weighted by atomic mass is 9.89. The summed E-state index contributed by atoms with van der Waals surface area (Å²) in [6.07, 6.45) is 3.18. The van der Waals surface area contributed by atoms with Gasteiger partial charge >= 0.3 is 5.97 Å². The number of benzene rings is 3. The molecule has 0 spiro atoms. The normalized spacial score (nSPS) is 16.2. The van der Waals surface area contributed by atoms with Gasteiger partial charge < -0.3 is 25.1 Å². The molecule has 0 saturated carbocycles. The van der Waals surface area contributed by atoms with Crippen LogP contribution in [0.5, 0.6) is 0 Å². The number of rotatable bonds is 8. The van der Waals surface area contributed by atoms with Gasteiger partial charge in [0.2, 0.25) is 5.91 Å². The molecule has 1 fully saturated rings. The van der Waals surface area contributed by atoms with Crippen LogP contribution in [0.15, 0.2) is 89.6 Å². The number of carboxylic acid groups (broad SMARTS) is 1. The number of carbonyl (C=O) groups is 3. The van der Waals surface area contributed by atoms with E-state index in [0.29, 0.717) is 39.1 Å². The molecule has 3 aromatic carbocycles. The van der Waals surface area contributed by atoms with Gasteiger partial charge in [0, 0.05) is 42.7 Å². The number of fused-ring (bicyclic) bond motifs is 1. The molecule has 0 bridgehead atoms. The molecular formula is C33H28ClN5O5. The number of carbonyl (C=O) groups excluding carboxylic acids is 2. The quantitative estimate of drug-likeness (QED) is 0.193. The fourth-order valence-electron chi connectivity index (χ4n) is 5.47. The van der Waals surface area contributed by atoms with Gasteiger partial charge in [-0.1, -0.05) is 41.9 Å². The number of aryl methyl sites for hydroxylation is 1. The maximum absolute atomic E-state index is 12.9. The maximum atomic E-state index is 12.9. The first-order valence-electron chi connectivity index (χ1n) is 14.0. The number of carboxylic acids is 1. The third-order valence-electron chi connectivity index (χ3n) is 7.75. The molecule has 2 unspecified atom stereocenters. The Morgan fingerprint density at radius 2 is 1.80 bits per heavy atom. The molecular weight excluding hydrogens is 582 g/mol. The van der Waals surface area contributed by atoms with Crippen molar-refractivity contribution in [2.45, 2.75) is 19.3 Å². The Morgan fingerprint density at radius 1 is 1.02 bits per heavy atom. The van der Waals surface area contributed by atoms with Crippen molar-refractivity contribution in [1.29, 1.82) is 0 Å². The summed E-state index contributed by atoms with van der Waals surface area (Å²) in [5, 5.41) is 16.4. The number of para-hydroxylation sites is 1. The summed E-state index contributed by atoms with van der Waals surface area (Å²) < 4.78 is 5.88. The second-order valence-electron chi connectivity index (χ2n) is 10.7. The molecule has 2 atom stereocenters. The second kappa shape index (κ2) is 12.2. The van der Waals surface area contributed by atoms with Gasteiger partial charge in [-0.05, 0) is 66.1 Å². The summed E-state index contributed by atoms with van der Waals surface area (Å²) in [6.45, 7) is 2.33. The number of nitrogens with zero attached hydrogens (tertiary/aromatic N) is 3. The monoisotopic (exact) mass is 609 g/mol. The van der Waals surface area contributed by atoms with E-state index in [1.807, 2.05) is 25.1 Å². The zero-order valence-corrected chi connectivity index (χ0v) is 24.4. The largest absolute Gasteiger partial charge is 0.481 e. The van der Waals surface area contributed by atoms with E-state index in [0.717, 1.165) is 16.7 Å². The van der Waals surface area contributed by atoms with Crippen molar-refractivity contribution in [3.8, 4) is 0 Å². The van der Waals surface area contributed by atoms with Crippen LogP contribution >= 0.6 is 11.6 Å². The van der Waals surface area contributed by atoms with E-state index in [9.17, 15) is 19.5 Å². The van der Waals surface area contributed by atoms with Crippen molar-refractivity contribution in [2.75, 3.05) is 23.7 Å². The molecule has 1 aliphatic rings. The highest BCUT2D eigenvalue weighted by Crippen LogP contribution is 2.34. The highest BCUT2D eigenvalue weighted by atomic mass is 35.5. The molecule has 222 valence electrons. The van der Waals surface area contributed by atoms with Crippen molar-refractivity contribution >= 4 is 57.9 Å². The number of pyridine rings is 1. The minimum atomic E-state index is -0.956. The SMILES string of the molecule is Cc1cccc(Cl)c1Nc1nc2ccc(CC(=O)Nc3ccc(C4CN(C(=O)c5ccncc5)CC4C(=O)O)cc3)cc2o1. The second-order valence-corrected chi connectivity index (χ2v) is 11.1. The van der Waals surface area contributed by atoms with E-state index in [1.165, 1.54) is 12.4 Å². The van der Waals surface area contributed by atoms with E-state index < -0.39 is 11.9 Å². The first kappa shape index (κ1) is 28.9. The Balaban J connectivity index is 1.09. The molecule has 3 heterocycles. The molecule has 44 heavy (non-hydrogen) atoms. The van der Waals surface area contributed by atoms with Crippen LogP contribution in [0.3, 0.4) is 0 Å². The molecule has 6 rings (SSSR count). The number of amides is 2. The number of anilines is 3. The third kappa shape index (κ3) is 6.11. The zero-order chi connectivity index (χ0) is 30.8. The summed E-state index contributed by atoms with van der Waals surface area (Å²) in [5.74, 6) is -2.52. The minimum absolute atomic E-state index is 0.112. The van der Waals surface area contributed by atoms with Crippen molar-refractivity contribution in [2.24, 2.45) is 5.92 Å². The van der Waals surface area contributed by atoms with Gasteiger partial charge in [0.05, 0.1) is 23.0 Å². The molecule has 1 aliphatic heterocycles. The van der Waals surface area contributed by atoms with Crippen LogP contribution in [0.25, 0.3) is 11.1 Å². The predicted molar refractivity (Wildman–Crippen MR) is 166 cm³/mol. The lowest BCUT2D eigenvalue weighted by Gasteiger charge is -2.17. The lowest BCUT2D eigenvalue weighted by Crippen LogP contribution is -2.29. The standard InChI is InChI=1S/C33H28ClN5O5/c1-19-3-2-4-26(34)30(19)38-33-37-27-10-5-20(15-28(27)44-33)16-29(40)36-23-8-6-21(7-9-23)24-17-39(18-25(24)32(42)43)31(41)22-11-13-35-14-12-22/h2-15,24-25H,16-18H2,1H3,(H,36,40)(H,37,38)(H,42,43). The van der Waals surface area contributed by atoms with Crippen LogP contribution in [0.4, 0.5) is 17.4 Å². The number of hydrogen-bond acceptors (Lipinski definition) is 7. The van der Waals surface area contributed by atoms with Crippen LogP contribution < -0.4 is 10.6 Å². The summed E-state index contributed by atoms with van der Waals surface area (Å²) >= 11 is 6.31. The Bertz CT molecular complexity index is 1840. The van der Waals surface area contributed by atoms with Crippen LogP contribution in [-0.4, -0.2) is 50.8 Å². The number of halogens is 1. The highest BCUT2D eigenvalue weighted by molar-refractivity contribution is 6.33. The maximum Gasteiger partial charge on any atom is 0.308 e. The average molecular weight is 610 g/mol. The molecule has 3 N–H and O–H groups in total. The van der Waals surface area contributed by atoms with Gasteiger partial charge in [0.1, 0.15) is 5.52 Å². The molecule has 2 aromatic heterocycles. The Kier molecular flexibility index (Phi) is 7.99. The Labute approximate surface area is 257 Å². The minimum Gasteiger partial charge on any atom is -0.481 e. The van der Waals surface area contributed by atoms with E-state index in [2.05, 4.69) is 20.6 Å². The predicted octanol–water partition coefficient (Wildman–Crippen LogP) is 6.05. The number of aromatic nitrogens is 2. The molecule has 11 heteroatoms. The van der Waals surface area contributed by atoms with Gasteiger partial charge in [-0.2, -0.15) is 4.98 Å². The van der Waals surface area contributed by atoms with Gasteiger partial charge in [-0.25, -0.2) is 0 Å². The van der Waals surface area contributed by atoms with Gasteiger partial charge in [0.15, 0.2) is 5.58 Å².